The Kier molecular flexibility index (Phi) is 5.78. The van der Waals surface area contributed by atoms with Crippen LogP contribution in [0.3, 0.4) is 0 Å². The number of nitrogens with zero attached hydrogens (tertiary/aromatic N) is 6. The number of hydrogen-bond donors (Lipinski definition) is 0. The molecule has 1 saturated heterocycles. The monoisotopic (exact) mass is 466 g/mol. The minimum atomic E-state index is -0.263. The number of piperazine rings is 1. The first-order valence-corrected chi connectivity index (χ1v) is 12.5. The van der Waals surface area contributed by atoms with E-state index in [0.717, 1.165) is 32.7 Å². The molecule has 0 aliphatic carbocycles. The molecule has 2 aromatic heterocycles. The highest BCUT2D eigenvalue weighted by Crippen LogP contribution is 2.34. The maximum atomic E-state index is 13.3. The summed E-state index contributed by atoms with van der Waals surface area (Å²) in [6, 6.07) is 10.3. The maximum absolute atomic E-state index is 13.3. The average Bonchev–Trinajstić information content (AvgIpc) is 3.40. The van der Waals surface area contributed by atoms with E-state index in [9.17, 15) is 9.59 Å². The van der Waals surface area contributed by atoms with Gasteiger partial charge in [-0.05, 0) is 26.3 Å². The highest BCUT2D eigenvalue weighted by atomic mass is 32.2. The predicted molar refractivity (Wildman–Crippen MR) is 129 cm³/mol. The fourth-order valence-electron chi connectivity index (χ4n) is 4.60. The number of rotatable bonds is 4. The van der Waals surface area contributed by atoms with Crippen molar-refractivity contribution in [2.24, 2.45) is 0 Å². The van der Waals surface area contributed by atoms with Gasteiger partial charge < -0.3 is 4.90 Å². The maximum Gasteiger partial charge on any atom is 0.265 e. The summed E-state index contributed by atoms with van der Waals surface area (Å²) >= 11 is 1.55. The quantitative estimate of drug-likeness (QED) is 0.551. The molecule has 5 rings (SSSR count). The average molecular weight is 467 g/mol. The second kappa shape index (κ2) is 8.61. The number of amides is 1. The van der Waals surface area contributed by atoms with Crippen LogP contribution in [0.1, 0.15) is 38.8 Å². The van der Waals surface area contributed by atoms with Gasteiger partial charge in [0.15, 0.2) is 10.8 Å². The molecule has 2 aliphatic heterocycles. The molecule has 1 atom stereocenters. The molecule has 0 spiro atoms. The van der Waals surface area contributed by atoms with E-state index in [1.165, 1.54) is 5.56 Å². The first-order valence-electron chi connectivity index (χ1n) is 11.5. The normalized spacial score (nSPS) is 19.2. The minimum Gasteiger partial charge on any atom is -0.340 e. The first-order chi connectivity index (χ1) is 15.8. The van der Waals surface area contributed by atoms with Crippen molar-refractivity contribution in [2.75, 3.05) is 31.9 Å². The molecule has 1 amide bonds. The highest BCUT2D eigenvalue weighted by Gasteiger charge is 2.32. The van der Waals surface area contributed by atoms with Crippen molar-refractivity contribution in [3.8, 4) is 0 Å². The van der Waals surface area contributed by atoms with E-state index in [1.54, 1.807) is 27.2 Å². The van der Waals surface area contributed by atoms with E-state index in [4.69, 9.17) is 4.98 Å². The molecule has 9 heteroatoms. The molecule has 8 nitrogen and oxygen atoms in total. The zero-order chi connectivity index (χ0) is 23.2. The topological polar surface area (TPSA) is 76.3 Å². The molecule has 3 aromatic rings. The molecule has 0 saturated carbocycles. The van der Waals surface area contributed by atoms with Crippen molar-refractivity contribution in [1.29, 1.82) is 0 Å². The van der Waals surface area contributed by atoms with Gasteiger partial charge in [-0.25, -0.2) is 9.67 Å². The lowest BCUT2D eigenvalue weighted by molar-refractivity contribution is -0.133. The number of hydrogen-bond acceptors (Lipinski definition) is 6. The lowest BCUT2D eigenvalue weighted by atomic mass is 10.1. The van der Waals surface area contributed by atoms with E-state index >= 15 is 0 Å². The standard InChI is InChI=1S/C24H30N6O2S/c1-24(2,3)30-21-19(14-25-30)22(32)29-18(16-33-23(29)26-21)13-20(31)28-11-9-27(10-12-28)15-17-7-5-4-6-8-17/h4-8,14,18H,9-13,15-16H2,1-3H3. The van der Waals surface area contributed by atoms with Gasteiger partial charge >= 0.3 is 0 Å². The number of benzene rings is 1. The zero-order valence-electron chi connectivity index (χ0n) is 19.4. The first kappa shape index (κ1) is 22.2. The van der Waals surface area contributed by atoms with Gasteiger partial charge in [-0.1, -0.05) is 42.1 Å². The number of carbonyl (C=O) groups is 1. The zero-order valence-corrected chi connectivity index (χ0v) is 20.2. The van der Waals surface area contributed by atoms with Gasteiger partial charge in [0.05, 0.1) is 17.8 Å². The Morgan fingerprint density at radius 2 is 1.85 bits per heavy atom. The Balaban J connectivity index is 1.26. The van der Waals surface area contributed by atoms with Crippen molar-refractivity contribution >= 4 is 28.7 Å². The van der Waals surface area contributed by atoms with Crippen LogP contribution in [0.2, 0.25) is 0 Å². The van der Waals surface area contributed by atoms with Gasteiger partial charge in [-0.15, -0.1) is 0 Å². The van der Waals surface area contributed by atoms with Gasteiger partial charge in [0, 0.05) is 44.9 Å². The van der Waals surface area contributed by atoms with Crippen molar-refractivity contribution in [2.45, 2.75) is 50.5 Å². The largest absolute Gasteiger partial charge is 0.340 e. The molecular formula is C24H30N6O2S. The fraction of sp³-hybridized carbons (Fsp3) is 0.500. The molecule has 0 radical (unpaired) electrons. The number of fused-ring (bicyclic) bond motifs is 2. The second-order valence-corrected chi connectivity index (χ2v) is 10.8. The number of carbonyl (C=O) groups excluding carboxylic acids is 1. The summed E-state index contributed by atoms with van der Waals surface area (Å²) in [7, 11) is 0. The molecule has 174 valence electrons. The van der Waals surface area contributed by atoms with E-state index in [0.29, 0.717) is 28.4 Å². The molecule has 0 N–H and O–H groups in total. The van der Waals surface area contributed by atoms with E-state index in [-0.39, 0.29) is 23.0 Å². The van der Waals surface area contributed by atoms with Gasteiger partial charge in [0.2, 0.25) is 5.91 Å². The number of thioether (sulfide) groups is 1. The smallest absolute Gasteiger partial charge is 0.265 e. The summed E-state index contributed by atoms with van der Waals surface area (Å²) in [6.45, 7) is 10.2. The van der Waals surface area contributed by atoms with Gasteiger partial charge in [0.25, 0.3) is 5.56 Å². The number of aromatic nitrogens is 4. The Bertz CT molecular complexity index is 1220. The van der Waals surface area contributed by atoms with Crippen LogP contribution in [-0.2, 0) is 16.9 Å². The Hall–Kier alpha value is -2.65. The minimum absolute atomic E-state index is 0.0963. The van der Waals surface area contributed by atoms with Crippen LogP contribution >= 0.6 is 11.8 Å². The second-order valence-electron chi connectivity index (χ2n) is 9.85. The van der Waals surface area contributed by atoms with Crippen LogP contribution in [0, 0.1) is 0 Å². The van der Waals surface area contributed by atoms with Gasteiger partial charge in [0.1, 0.15) is 5.39 Å². The summed E-state index contributed by atoms with van der Waals surface area (Å²) < 4.78 is 3.52. The Morgan fingerprint density at radius 3 is 2.55 bits per heavy atom. The summed E-state index contributed by atoms with van der Waals surface area (Å²) in [4.78, 5) is 35.4. The summed E-state index contributed by atoms with van der Waals surface area (Å²) in [5, 5.41) is 5.62. The fourth-order valence-corrected chi connectivity index (χ4v) is 5.73. The van der Waals surface area contributed by atoms with E-state index in [2.05, 4.69) is 34.3 Å². The molecule has 2 aliphatic rings. The molecule has 33 heavy (non-hydrogen) atoms. The molecular weight excluding hydrogens is 436 g/mol. The SMILES string of the molecule is CC(C)(C)n1ncc2c(=O)n3c(nc21)SCC3CC(=O)N1CCN(Cc2ccccc2)CC1. The molecule has 1 aromatic carbocycles. The highest BCUT2D eigenvalue weighted by molar-refractivity contribution is 7.99. The van der Waals surface area contributed by atoms with Crippen molar-refractivity contribution in [1.82, 2.24) is 29.1 Å². The van der Waals surface area contributed by atoms with Crippen LogP contribution in [0.15, 0.2) is 46.5 Å². The predicted octanol–water partition coefficient (Wildman–Crippen LogP) is 2.73. The third-order valence-corrected chi connectivity index (χ3v) is 7.49. The Labute approximate surface area is 197 Å². The third-order valence-electron chi connectivity index (χ3n) is 6.39. The van der Waals surface area contributed by atoms with E-state index in [1.807, 2.05) is 31.7 Å². The third kappa shape index (κ3) is 4.31. The van der Waals surface area contributed by atoms with Gasteiger partial charge in [-0.3, -0.25) is 19.1 Å². The molecule has 4 heterocycles. The van der Waals surface area contributed by atoms with Crippen molar-refractivity contribution in [3.63, 3.8) is 0 Å². The van der Waals surface area contributed by atoms with E-state index < -0.39 is 0 Å². The lowest BCUT2D eigenvalue weighted by Gasteiger charge is -2.35. The summed E-state index contributed by atoms with van der Waals surface area (Å²) in [6.07, 6.45) is 1.94. The summed E-state index contributed by atoms with van der Waals surface area (Å²) in [5.41, 5.74) is 1.56. The van der Waals surface area contributed by atoms with Gasteiger partial charge in [-0.2, -0.15) is 5.10 Å². The molecule has 1 unspecified atom stereocenters. The van der Waals surface area contributed by atoms with Crippen LogP contribution in [0.5, 0.6) is 0 Å². The molecule has 1 fully saturated rings. The van der Waals surface area contributed by atoms with Crippen molar-refractivity contribution in [3.05, 3.63) is 52.4 Å². The van der Waals surface area contributed by atoms with Crippen molar-refractivity contribution < 1.29 is 4.79 Å². The molecule has 0 bridgehead atoms. The Morgan fingerprint density at radius 1 is 1.12 bits per heavy atom. The van der Waals surface area contributed by atoms with Crippen LogP contribution in [0.25, 0.3) is 11.0 Å². The summed E-state index contributed by atoms with van der Waals surface area (Å²) in [5.74, 6) is 0.808. The van der Waals surface area contributed by atoms with Crippen LogP contribution in [-0.4, -0.2) is 67.0 Å². The lowest BCUT2D eigenvalue weighted by Crippen LogP contribution is -2.48. The van der Waals surface area contributed by atoms with Crippen LogP contribution < -0.4 is 5.56 Å². The van der Waals surface area contributed by atoms with Crippen LogP contribution in [0.4, 0.5) is 0 Å².